The molecule has 2 aromatic carbocycles. The zero-order chi connectivity index (χ0) is 13.4. The molecule has 0 fully saturated rings. The molecule has 4 heteroatoms. The number of H-pyrrole nitrogens is 1. The van der Waals surface area contributed by atoms with Gasteiger partial charge in [-0.15, -0.1) is 0 Å². The average molecular weight is 316 g/mol. The summed E-state index contributed by atoms with van der Waals surface area (Å²) in [6.45, 7) is 0. The lowest BCUT2D eigenvalue weighted by atomic mass is 10.0. The van der Waals surface area contributed by atoms with Crippen LogP contribution in [-0.2, 0) is 0 Å². The van der Waals surface area contributed by atoms with Gasteiger partial charge in [0.1, 0.15) is 0 Å². The van der Waals surface area contributed by atoms with Crippen LogP contribution in [-0.4, -0.2) is 16.1 Å². The van der Waals surface area contributed by atoms with Gasteiger partial charge in [0.05, 0.1) is 5.56 Å². The molecule has 0 amide bonds. The number of aromatic nitrogens is 1. The number of carbonyl (C=O) groups is 1. The molecule has 0 aliphatic carbocycles. The summed E-state index contributed by atoms with van der Waals surface area (Å²) in [5.41, 5.74) is 2.77. The molecule has 0 radical (unpaired) electrons. The van der Waals surface area contributed by atoms with E-state index in [1.807, 2.05) is 36.4 Å². The molecule has 2 N–H and O–H groups in total. The SMILES string of the molecule is O=C(O)c1cc(Br)ccc1-c1cc2ccccc2[nH]1. The van der Waals surface area contributed by atoms with Crippen molar-refractivity contribution in [3.8, 4) is 11.3 Å². The van der Waals surface area contributed by atoms with E-state index in [0.717, 1.165) is 21.1 Å². The smallest absolute Gasteiger partial charge is 0.336 e. The van der Waals surface area contributed by atoms with E-state index in [-0.39, 0.29) is 5.56 Å². The van der Waals surface area contributed by atoms with Gasteiger partial charge in [-0.25, -0.2) is 4.79 Å². The van der Waals surface area contributed by atoms with E-state index in [1.165, 1.54) is 0 Å². The molecule has 0 saturated heterocycles. The van der Waals surface area contributed by atoms with Gasteiger partial charge in [-0.1, -0.05) is 40.2 Å². The molecule has 0 aliphatic heterocycles. The number of benzene rings is 2. The Balaban J connectivity index is 2.23. The maximum Gasteiger partial charge on any atom is 0.336 e. The van der Waals surface area contributed by atoms with Crippen molar-refractivity contribution in [2.75, 3.05) is 0 Å². The van der Waals surface area contributed by atoms with Crippen molar-refractivity contribution in [2.45, 2.75) is 0 Å². The van der Waals surface area contributed by atoms with Gasteiger partial charge >= 0.3 is 5.97 Å². The second-order valence-corrected chi connectivity index (χ2v) is 5.18. The Bertz CT molecular complexity index is 744. The molecular weight excluding hydrogens is 306 g/mol. The second kappa shape index (κ2) is 4.55. The number of carboxylic acid groups (broad SMARTS) is 1. The highest BCUT2D eigenvalue weighted by atomic mass is 79.9. The number of aromatic carboxylic acids is 1. The average Bonchev–Trinajstić information content (AvgIpc) is 2.82. The number of hydrogen-bond donors (Lipinski definition) is 2. The summed E-state index contributed by atoms with van der Waals surface area (Å²) < 4.78 is 0.754. The molecule has 0 unspecified atom stereocenters. The molecule has 1 heterocycles. The number of aromatic amines is 1. The Hall–Kier alpha value is -2.07. The minimum absolute atomic E-state index is 0.279. The van der Waals surface area contributed by atoms with E-state index in [1.54, 1.807) is 12.1 Å². The minimum atomic E-state index is -0.935. The van der Waals surface area contributed by atoms with Crippen molar-refractivity contribution in [3.05, 3.63) is 58.6 Å². The number of fused-ring (bicyclic) bond motifs is 1. The molecule has 0 bridgehead atoms. The molecule has 0 spiro atoms. The van der Waals surface area contributed by atoms with Crippen LogP contribution < -0.4 is 0 Å². The fraction of sp³-hybridized carbons (Fsp3) is 0. The van der Waals surface area contributed by atoms with E-state index >= 15 is 0 Å². The zero-order valence-corrected chi connectivity index (χ0v) is 11.4. The van der Waals surface area contributed by atoms with Gasteiger partial charge in [0.2, 0.25) is 0 Å². The van der Waals surface area contributed by atoms with Crippen molar-refractivity contribution in [1.29, 1.82) is 0 Å². The Morgan fingerprint density at radius 1 is 1.11 bits per heavy atom. The molecule has 3 rings (SSSR count). The topological polar surface area (TPSA) is 53.1 Å². The molecule has 19 heavy (non-hydrogen) atoms. The van der Waals surface area contributed by atoms with E-state index in [9.17, 15) is 9.90 Å². The Labute approximate surface area is 118 Å². The van der Waals surface area contributed by atoms with Gasteiger partial charge in [-0.05, 0) is 24.3 Å². The van der Waals surface area contributed by atoms with Crippen molar-refractivity contribution >= 4 is 32.8 Å². The fourth-order valence-corrected chi connectivity index (χ4v) is 2.51. The number of nitrogens with one attached hydrogen (secondary N) is 1. The lowest BCUT2D eigenvalue weighted by Crippen LogP contribution is -1.99. The molecule has 3 aromatic rings. The van der Waals surface area contributed by atoms with Gasteiger partial charge < -0.3 is 10.1 Å². The first-order valence-electron chi connectivity index (χ1n) is 5.76. The van der Waals surface area contributed by atoms with Crippen LogP contribution >= 0.6 is 15.9 Å². The summed E-state index contributed by atoms with van der Waals surface area (Å²) in [6.07, 6.45) is 0. The molecule has 0 aliphatic rings. The molecule has 1 aromatic heterocycles. The zero-order valence-electron chi connectivity index (χ0n) is 9.85. The largest absolute Gasteiger partial charge is 0.478 e. The summed E-state index contributed by atoms with van der Waals surface area (Å²) in [4.78, 5) is 14.6. The highest BCUT2D eigenvalue weighted by Gasteiger charge is 2.13. The quantitative estimate of drug-likeness (QED) is 0.741. The van der Waals surface area contributed by atoms with Gasteiger partial charge in [0.15, 0.2) is 0 Å². The van der Waals surface area contributed by atoms with Crippen molar-refractivity contribution < 1.29 is 9.90 Å². The van der Waals surface area contributed by atoms with E-state index in [4.69, 9.17) is 0 Å². The highest BCUT2D eigenvalue weighted by Crippen LogP contribution is 2.29. The van der Waals surface area contributed by atoms with Gasteiger partial charge in [0, 0.05) is 26.6 Å². The third kappa shape index (κ3) is 2.15. The van der Waals surface area contributed by atoms with Crippen molar-refractivity contribution in [2.24, 2.45) is 0 Å². The summed E-state index contributed by atoms with van der Waals surface area (Å²) in [7, 11) is 0. The number of rotatable bonds is 2. The molecule has 94 valence electrons. The summed E-state index contributed by atoms with van der Waals surface area (Å²) in [5, 5.41) is 10.4. The third-order valence-electron chi connectivity index (χ3n) is 3.03. The highest BCUT2D eigenvalue weighted by molar-refractivity contribution is 9.10. The van der Waals surface area contributed by atoms with E-state index in [0.29, 0.717) is 5.56 Å². The van der Waals surface area contributed by atoms with Crippen LogP contribution in [0.4, 0.5) is 0 Å². The first kappa shape index (κ1) is 12.0. The summed E-state index contributed by atoms with van der Waals surface area (Å²) >= 11 is 3.30. The van der Waals surface area contributed by atoms with Crippen LogP contribution in [0, 0.1) is 0 Å². The van der Waals surface area contributed by atoms with E-state index in [2.05, 4.69) is 20.9 Å². The van der Waals surface area contributed by atoms with Crippen LogP contribution in [0.1, 0.15) is 10.4 Å². The molecule has 0 atom stereocenters. The maximum absolute atomic E-state index is 11.3. The molecular formula is C15H10BrNO2. The monoisotopic (exact) mass is 315 g/mol. The Kier molecular flexibility index (Phi) is 2.87. The van der Waals surface area contributed by atoms with Crippen LogP contribution in [0.25, 0.3) is 22.2 Å². The first-order chi connectivity index (χ1) is 9.15. The van der Waals surface area contributed by atoms with Crippen LogP contribution in [0.5, 0.6) is 0 Å². The fourth-order valence-electron chi connectivity index (χ4n) is 2.15. The summed E-state index contributed by atoms with van der Waals surface area (Å²) in [5.74, 6) is -0.935. The minimum Gasteiger partial charge on any atom is -0.478 e. The number of halogens is 1. The number of hydrogen-bond acceptors (Lipinski definition) is 1. The number of para-hydroxylation sites is 1. The van der Waals surface area contributed by atoms with Gasteiger partial charge in [-0.2, -0.15) is 0 Å². The lowest BCUT2D eigenvalue weighted by molar-refractivity contribution is 0.0697. The van der Waals surface area contributed by atoms with Crippen molar-refractivity contribution in [3.63, 3.8) is 0 Å². The van der Waals surface area contributed by atoms with Crippen LogP contribution in [0.2, 0.25) is 0 Å². The third-order valence-corrected chi connectivity index (χ3v) is 3.53. The predicted octanol–water partition coefficient (Wildman–Crippen LogP) is 4.30. The van der Waals surface area contributed by atoms with Crippen LogP contribution in [0.15, 0.2) is 53.0 Å². The van der Waals surface area contributed by atoms with Gasteiger partial charge in [0.25, 0.3) is 0 Å². The number of carboxylic acids is 1. The molecule has 3 nitrogen and oxygen atoms in total. The second-order valence-electron chi connectivity index (χ2n) is 4.27. The Morgan fingerprint density at radius 2 is 1.89 bits per heavy atom. The summed E-state index contributed by atoms with van der Waals surface area (Å²) in [6, 6.07) is 15.1. The first-order valence-corrected chi connectivity index (χ1v) is 6.55. The normalized spacial score (nSPS) is 10.8. The predicted molar refractivity (Wildman–Crippen MR) is 78.4 cm³/mol. The van der Waals surface area contributed by atoms with Gasteiger partial charge in [-0.3, -0.25) is 0 Å². The van der Waals surface area contributed by atoms with Crippen molar-refractivity contribution in [1.82, 2.24) is 4.98 Å². The Morgan fingerprint density at radius 3 is 2.63 bits per heavy atom. The maximum atomic E-state index is 11.3. The van der Waals surface area contributed by atoms with Crippen LogP contribution in [0.3, 0.4) is 0 Å². The standard InChI is InChI=1S/C15H10BrNO2/c16-10-5-6-11(12(8-10)15(18)19)14-7-9-3-1-2-4-13(9)17-14/h1-8,17H,(H,18,19). The van der Waals surface area contributed by atoms with E-state index < -0.39 is 5.97 Å². The lowest BCUT2D eigenvalue weighted by Gasteiger charge is -2.04. The molecule has 0 saturated carbocycles.